The molecule has 2 rings (SSSR count). The zero-order chi connectivity index (χ0) is 14.6. The number of hydrogen-bond acceptors (Lipinski definition) is 3. The van der Waals surface area contributed by atoms with Crippen LogP contribution in [-0.2, 0) is 4.74 Å². The molecule has 1 fully saturated rings. The van der Waals surface area contributed by atoms with E-state index in [9.17, 15) is 0 Å². The van der Waals surface area contributed by atoms with Gasteiger partial charge in [-0.1, -0.05) is 55.0 Å². The molecule has 0 aliphatic heterocycles. The van der Waals surface area contributed by atoms with E-state index in [0.29, 0.717) is 0 Å². The molecule has 3 nitrogen and oxygen atoms in total. The number of aryl methyl sites for hydroxylation is 2. The first-order valence-corrected chi connectivity index (χ1v) is 7.71. The molecule has 3 heteroatoms. The van der Waals surface area contributed by atoms with Crippen molar-refractivity contribution >= 4 is 0 Å². The number of nitrogens with two attached hydrogens (primary N) is 1. The molecule has 1 saturated carbocycles. The van der Waals surface area contributed by atoms with Crippen LogP contribution in [0.1, 0.15) is 61.3 Å². The Kier molecular flexibility index (Phi) is 5.19. The van der Waals surface area contributed by atoms with Crippen molar-refractivity contribution in [2.45, 2.75) is 64.0 Å². The zero-order valence-electron chi connectivity index (χ0n) is 13.0. The number of nitrogens with one attached hydrogen (secondary N) is 1. The summed E-state index contributed by atoms with van der Waals surface area (Å²) in [5.74, 6) is 5.92. The van der Waals surface area contributed by atoms with Crippen molar-refractivity contribution < 1.29 is 4.74 Å². The molecule has 0 heterocycles. The van der Waals surface area contributed by atoms with E-state index in [1.165, 1.54) is 42.4 Å². The smallest absolute Gasteiger partial charge is 0.0885 e. The average molecular weight is 276 g/mol. The van der Waals surface area contributed by atoms with Crippen LogP contribution in [-0.4, -0.2) is 12.7 Å². The summed E-state index contributed by atoms with van der Waals surface area (Å²) in [7, 11) is 1.83. The van der Waals surface area contributed by atoms with E-state index in [4.69, 9.17) is 10.6 Å². The van der Waals surface area contributed by atoms with E-state index < -0.39 is 0 Å². The van der Waals surface area contributed by atoms with Crippen LogP contribution in [0.4, 0.5) is 0 Å². The van der Waals surface area contributed by atoms with Gasteiger partial charge < -0.3 is 4.74 Å². The first-order valence-electron chi connectivity index (χ1n) is 7.71. The molecule has 1 aromatic rings. The van der Waals surface area contributed by atoms with Crippen molar-refractivity contribution in [3.8, 4) is 0 Å². The predicted octanol–water partition coefficient (Wildman–Crippen LogP) is 3.55. The molecule has 1 aromatic carbocycles. The van der Waals surface area contributed by atoms with E-state index in [1.54, 1.807) is 0 Å². The van der Waals surface area contributed by atoms with Crippen LogP contribution in [0.25, 0.3) is 0 Å². The van der Waals surface area contributed by atoms with Crippen molar-refractivity contribution in [2.24, 2.45) is 5.84 Å². The third-order valence-electron chi connectivity index (χ3n) is 4.63. The molecular weight excluding hydrogens is 248 g/mol. The van der Waals surface area contributed by atoms with Gasteiger partial charge in [-0.15, -0.1) is 0 Å². The molecule has 0 bridgehead atoms. The number of hydrogen-bond donors (Lipinski definition) is 2. The van der Waals surface area contributed by atoms with Crippen molar-refractivity contribution in [1.82, 2.24) is 5.43 Å². The van der Waals surface area contributed by atoms with Crippen LogP contribution < -0.4 is 11.3 Å². The SMILES string of the molecule is COC1(C(NN)c2cc(C)cc(C)c2)CCCCCC1. The van der Waals surface area contributed by atoms with E-state index >= 15 is 0 Å². The molecule has 1 atom stereocenters. The van der Waals surface area contributed by atoms with Gasteiger partial charge >= 0.3 is 0 Å². The molecule has 1 aliphatic carbocycles. The maximum Gasteiger partial charge on any atom is 0.0885 e. The Bertz CT molecular complexity index is 416. The Morgan fingerprint density at radius 2 is 1.60 bits per heavy atom. The fourth-order valence-electron chi connectivity index (χ4n) is 3.67. The number of ether oxygens (including phenoxy) is 1. The monoisotopic (exact) mass is 276 g/mol. The lowest BCUT2D eigenvalue weighted by Gasteiger charge is -2.39. The van der Waals surface area contributed by atoms with E-state index in [1.807, 2.05) is 7.11 Å². The largest absolute Gasteiger partial charge is 0.376 e. The van der Waals surface area contributed by atoms with Crippen LogP contribution in [0.3, 0.4) is 0 Å². The zero-order valence-corrected chi connectivity index (χ0v) is 13.0. The fraction of sp³-hybridized carbons (Fsp3) is 0.647. The molecule has 1 unspecified atom stereocenters. The highest BCUT2D eigenvalue weighted by Crippen LogP contribution is 2.40. The van der Waals surface area contributed by atoms with Gasteiger partial charge in [0.2, 0.25) is 0 Å². The summed E-state index contributed by atoms with van der Waals surface area (Å²) in [4.78, 5) is 0. The number of hydrazine groups is 1. The lowest BCUT2D eigenvalue weighted by atomic mass is 9.81. The Morgan fingerprint density at radius 3 is 2.05 bits per heavy atom. The summed E-state index contributed by atoms with van der Waals surface area (Å²) in [6, 6.07) is 6.71. The Morgan fingerprint density at radius 1 is 1.05 bits per heavy atom. The molecule has 0 spiro atoms. The molecule has 0 saturated heterocycles. The highest BCUT2D eigenvalue weighted by atomic mass is 16.5. The molecule has 1 aliphatic rings. The lowest BCUT2D eigenvalue weighted by molar-refractivity contribution is -0.0541. The van der Waals surface area contributed by atoms with Crippen LogP contribution in [0.15, 0.2) is 18.2 Å². The first-order chi connectivity index (χ1) is 9.61. The lowest BCUT2D eigenvalue weighted by Crippen LogP contribution is -2.47. The minimum absolute atomic E-state index is 0.0594. The minimum Gasteiger partial charge on any atom is -0.376 e. The standard InChI is InChI=1S/C17H28N2O/c1-13-10-14(2)12-15(11-13)16(19-18)17(20-3)8-6-4-5-7-9-17/h10-12,16,19H,4-9,18H2,1-3H3. The Labute approximate surface area is 122 Å². The average Bonchev–Trinajstić information content (AvgIpc) is 2.65. The highest BCUT2D eigenvalue weighted by Gasteiger charge is 2.39. The minimum atomic E-state index is -0.175. The van der Waals surface area contributed by atoms with Crippen molar-refractivity contribution in [1.29, 1.82) is 0 Å². The normalized spacial score (nSPS) is 20.4. The van der Waals surface area contributed by atoms with Gasteiger partial charge in [0.15, 0.2) is 0 Å². The fourth-order valence-corrected chi connectivity index (χ4v) is 3.67. The molecule has 20 heavy (non-hydrogen) atoms. The van der Waals surface area contributed by atoms with Gasteiger partial charge in [0.1, 0.15) is 0 Å². The second-order valence-corrected chi connectivity index (χ2v) is 6.20. The number of methoxy groups -OCH3 is 1. The second-order valence-electron chi connectivity index (χ2n) is 6.20. The van der Waals surface area contributed by atoms with Gasteiger partial charge in [-0.3, -0.25) is 11.3 Å². The predicted molar refractivity (Wildman–Crippen MR) is 83.4 cm³/mol. The van der Waals surface area contributed by atoms with Gasteiger partial charge in [0.05, 0.1) is 11.6 Å². The maximum absolute atomic E-state index is 6.00. The third-order valence-corrected chi connectivity index (χ3v) is 4.63. The van der Waals surface area contributed by atoms with Crippen LogP contribution >= 0.6 is 0 Å². The van der Waals surface area contributed by atoms with E-state index in [-0.39, 0.29) is 11.6 Å². The van der Waals surface area contributed by atoms with E-state index in [0.717, 1.165) is 12.8 Å². The molecule has 3 N–H and O–H groups in total. The summed E-state index contributed by atoms with van der Waals surface area (Å²) in [6.45, 7) is 4.27. The number of rotatable bonds is 4. The summed E-state index contributed by atoms with van der Waals surface area (Å²) in [5, 5.41) is 0. The van der Waals surface area contributed by atoms with Gasteiger partial charge in [-0.05, 0) is 32.3 Å². The van der Waals surface area contributed by atoms with Crippen LogP contribution in [0, 0.1) is 13.8 Å². The summed E-state index contributed by atoms with van der Waals surface area (Å²) in [6.07, 6.45) is 7.19. The first kappa shape index (κ1) is 15.5. The summed E-state index contributed by atoms with van der Waals surface area (Å²) >= 11 is 0. The van der Waals surface area contributed by atoms with Crippen molar-refractivity contribution in [3.63, 3.8) is 0 Å². The summed E-state index contributed by atoms with van der Waals surface area (Å²) < 4.78 is 6.00. The Hall–Kier alpha value is -0.900. The van der Waals surface area contributed by atoms with Crippen LogP contribution in [0.5, 0.6) is 0 Å². The quantitative estimate of drug-likeness (QED) is 0.502. The molecular formula is C17H28N2O. The topological polar surface area (TPSA) is 47.3 Å². The van der Waals surface area contributed by atoms with Crippen molar-refractivity contribution in [2.75, 3.05) is 7.11 Å². The van der Waals surface area contributed by atoms with E-state index in [2.05, 4.69) is 37.5 Å². The van der Waals surface area contributed by atoms with Gasteiger partial charge in [-0.25, -0.2) is 0 Å². The van der Waals surface area contributed by atoms with Gasteiger partial charge in [-0.2, -0.15) is 0 Å². The van der Waals surface area contributed by atoms with Gasteiger partial charge in [0.25, 0.3) is 0 Å². The maximum atomic E-state index is 6.00. The molecule has 112 valence electrons. The molecule has 0 amide bonds. The molecule has 0 radical (unpaired) electrons. The van der Waals surface area contributed by atoms with Crippen LogP contribution in [0.2, 0.25) is 0 Å². The Balaban J connectivity index is 2.37. The third kappa shape index (κ3) is 3.22. The molecule has 0 aromatic heterocycles. The van der Waals surface area contributed by atoms with Crippen molar-refractivity contribution in [3.05, 3.63) is 34.9 Å². The van der Waals surface area contributed by atoms with Gasteiger partial charge in [0, 0.05) is 7.11 Å². The summed E-state index contributed by atoms with van der Waals surface area (Å²) in [5.41, 5.74) is 6.66. The highest BCUT2D eigenvalue weighted by molar-refractivity contribution is 5.32. The second kappa shape index (κ2) is 6.70. The number of benzene rings is 1.